The van der Waals surface area contributed by atoms with E-state index in [0.29, 0.717) is 25.1 Å². The topological polar surface area (TPSA) is 88.1 Å². The van der Waals surface area contributed by atoms with Gasteiger partial charge in [0.05, 0.1) is 12.6 Å². The summed E-state index contributed by atoms with van der Waals surface area (Å²) in [5, 5.41) is 8.87. The molecule has 0 bridgehead atoms. The lowest BCUT2D eigenvalue weighted by Gasteiger charge is -2.32. The second-order valence-electron chi connectivity index (χ2n) is 7.13. The fraction of sp³-hybridized carbons (Fsp3) is 0.333. The van der Waals surface area contributed by atoms with E-state index in [1.165, 1.54) is 0 Å². The molecule has 2 aliphatic rings. The summed E-state index contributed by atoms with van der Waals surface area (Å²) in [6, 6.07) is 14.4. The number of benzene rings is 2. The van der Waals surface area contributed by atoms with Crippen LogP contribution >= 0.6 is 0 Å². The molecular weight excluding hydrogens is 360 g/mol. The minimum Gasteiger partial charge on any atom is -0.491 e. The number of carbonyl (C=O) groups excluding carboxylic acids is 2. The molecule has 2 aromatic carbocycles. The molecule has 0 radical (unpaired) electrons. The van der Waals surface area contributed by atoms with E-state index in [0.717, 1.165) is 11.1 Å². The third-order valence-electron chi connectivity index (χ3n) is 5.47. The maximum Gasteiger partial charge on any atom is 0.274 e. The molecule has 0 aromatic heterocycles. The Labute approximate surface area is 162 Å². The Balaban J connectivity index is 1.72. The molecule has 7 nitrogen and oxygen atoms in total. The van der Waals surface area contributed by atoms with Crippen molar-refractivity contribution in [3.05, 3.63) is 65.2 Å². The van der Waals surface area contributed by atoms with Gasteiger partial charge in [-0.3, -0.25) is 14.8 Å². The van der Waals surface area contributed by atoms with Crippen molar-refractivity contribution in [2.75, 3.05) is 13.7 Å². The van der Waals surface area contributed by atoms with Crippen LogP contribution in [0.1, 0.15) is 40.4 Å². The molecule has 1 heterocycles. The summed E-state index contributed by atoms with van der Waals surface area (Å²) in [6.45, 7) is 0.604. The zero-order valence-corrected chi connectivity index (χ0v) is 15.6. The van der Waals surface area contributed by atoms with E-state index < -0.39 is 11.5 Å². The van der Waals surface area contributed by atoms with Crippen molar-refractivity contribution in [3.8, 4) is 5.75 Å². The maximum atomic E-state index is 13.3. The first-order valence-corrected chi connectivity index (χ1v) is 9.19. The highest BCUT2D eigenvalue weighted by Gasteiger charge is 2.54. The summed E-state index contributed by atoms with van der Waals surface area (Å²) in [6.07, 6.45) is 1.42. The molecule has 0 saturated heterocycles. The number of ether oxygens (including phenoxy) is 2. The van der Waals surface area contributed by atoms with Gasteiger partial charge in [-0.15, -0.1) is 0 Å². The Morgan fingerprint density at radius 2 is 1.96 bits per heavy atom. The Bertz CT molecular complexity index is 895. The van der Waals surface area contributed by atoms with Gasteiger partial charge >= 0.3 is 0 Å². The molecule has 28 heavy (non-hydrogen) atoms. The number of nitrogens with zero attached hydrogens (tertiary/aromatic N) is 1. The zero-order chi connectivity index (χ0) is 19.7. The fourth-order valence-corrected chi connectivity index (χ4v) is 3.62. The van der Waals surface area contributed by atoms with Gasteiger partial charge in [-0.05, 0) is 30.5 Å². The highest BCUT2D eigenvalue weighted by Crippen LogP contribution is 2.43. The Kier molecular flexibility index (Phi) is 4.78. The number of hydrogen-bond donors (Lipinski definition) is 2. The molecule has 1 aliphatic carbocycles. The number of hydrogen-bond acceptors (Lipinski definition) is 5. The molecule has 2 amide bonds. The Morgan fingerprint density at radius 1 is 1.21 bits per heavy atom. The second-order valence-corrected chi connectivity index (χ2v) is 7.13. The molecule has 146 valence electrons. The highest BCUT2D eigenvalue weighted by atomic mass is 16.5. The smallest absolute Gasteiger partial charge is 0.274 e. The fourth-order valence-electron chi connectivity index (χ4n) is 3.62. The Hall–Kier alpha value is -2.90. The largest absolute Gasteiger partial charge is 0.491 e. The van der Waals surface area contributed by atoms with Gasteiger partial charge in [-0.1, -0.05) is 36.4 Å². The average molecular weight is 382 g/mol. The number of nitrogens with one attached hydrogen (secondary N) is 1. The molecule has 1 aliphatic heterocycles. The standard InChI is InChI=1S/C21H22N2O5/c1-27-21(9-10-21)20(25)23-12-16-8-7-15(19(24)22-26)11-18(16)28-13-17(23)14-5-3-2-4-6-14/h2-8,11,17,26H,9-10,12-13H2,1H3,(H,22,24). The monoisotopic (exact) mass is 382 g/mol. The van der Waals surface area contributed by atoms with Crippen LogP contribution < -0.4 is 10.2 Å². The van der Waals surface area contributed by atoms with E-state index in [-0.39, 0.29) is 24.1 Å². The molecule has 1 saturated carbocycles. The molecule has 0 spiro atoms. The maximum absolute atomic E-state index is 13.3. The molecule has 1 atom stereocenters. The third kappa shape index (κ3) is 3.23. The van der Waals surface area contributed by atoms with E-state index in [4.69, 9.17) is 14.7 Å². The van der Waals surface area contributed by atoms with Gasteiger partial charge in [0.15, 0.2) is 0 Å². The van der Waals surface area contributed by atoms with Gasteiger partial charge in [-0.2, -0.15) is 0 Å². The summed E-state index contributed by atoms with van der Waals surface area (Å²) < 4.78 is 11.5. The molecular formula is C21H22N2O5. The van der Waals surface area contributed by atoms with Crippen LogP contribution in [0.15, 0.2) is 48.5 Å². The van der Waals surface area contributed by atoms with Crippen LogP contribution in [0.3, 0.4) is 0 Å². The molecule has 7 heteroatoms. The minimum absolute atomic E-state index is 0.0440. The third-order valence-corrected chi connectivity index (χ3v) is 5.47. The minimum atomic E-state index is -0.742. The van der Waals surface area contributed by atoms with Crippen molar-refractivity contribution in [2.24, 2.45) is 0 Å². The molecule has 4 rings (SSSR count). The summed E-state index contributed by atoms with van der Waals surface area (Å²) >= 11 is 0. The van der Waals surface area contributed by atoms with Crippen molar-refractivity contribution in [3.63, 3.8) is 0 Å². The lowest BCUT2D eigenvalue weighted by molar-refractivity contribution is -0.148. The van der Waals surface area contributed by atoms with E-state index in [9.17, 15) is 9.59 Å². The lowest BCUT2D eigenvalue weighted by Crippen LogP contribution is -2.44. The van der Waals surface area contributed by atoms with Gasteiger partial charge in [0.1, 0.15) is 18.0 Å². The molecule has 2 aromatic rings. The number of fused-ring (bicyclic) bond motifs is 1. The van der Waals surface area contributed by atoms with Gasteiger partial charge in [0, 0.05) is 18.2 Å². The first-order chi connectivity index (χ1) is 13.6. The highest BCUT2D eigenvalue weighted by molar-refractivity contribution is 5.94. The van der Waals surface area contributed by atoms with Crippen molar-refractivity contribution in [1.29, 1.82) is 0 Å². The predicted molar refractivity (Wildman–Crippen MR) is 99.9 cm³/mol. The van der Waals surface area contributed by atoms with Crippen LogP contribution in [-0.4, -0.2) is 41.2 Å². The van der Waals surface area contributed by atoms with E-state index in [1.54, 1.807) is 30.8 Å². The average Bonchev–Trinajstić information content (AvgIpc) is 3.56. The van der Waals surface area contributed by atoms with Gasteiger partial charge in [-0.25, -0.2) is 5.48 Å². The van der Waals surface area contributed by atoms with Crippen LogP contribution in [0.5, 0.6) is 5.75 Å². The molecule has 2 N–H and O–H groups in total. The predicted octanol–water partition coefficient (Wildman–Crippen LogP) is 2.45. The van der Waals surface area contributed by atoms with Crippen molar-refractivity contribution in [1.82, 2.24) is 10.4 Å². The van der Waals surface area contributed by atoms with E-state index in [2.05, 4.69) is 0 Å². The number of methoxy groups -OCH3 is 1. The van der Waals surface area contributed by atoms with Crippen LogP contribution in [0, 0.1) is 0 Å². The zero-order valence-electron chi connectivity index (χ0n) is 15.6. The van der Waals surface area contributed by atoms with Gasteiger partial charge in [0.25, 0.3) is 11.8 Å². The van der Waals surface area contributed by atoms with Crippen molar-refractivity contribution >= 4 is 11.8 Å². The normalized spacial score (nSPS) is 19.8. The van der Waals surface area contributed by atoms with Crippen LogP contribution in [0.4, 0.5) is 0 Å². The number of rotatable bonds is 4. The molecule has 1 fully saturated rings. The Morgan fingerprint density at radius 3 is 2.61 bits per heavy atom. The first kappa shape index (κ1) is 18.5. The number of carbonyl (C=O) groups is 2. The van der Waals surface area contributed by atoms with E-state index in [1.807, 2.05) is 35.2 Å². The second kappa shape index (κ2) is 7.26. The number of hydroxylamine groups is 1. The summed E-state index contributed by atoms with van der Waals surface area (Å²) in [4.78, 5) is 26.9. The number of amides is 2. The lowest BCUT2D eigenvalue weighted by atomic mass is 10.0. The van der Waals surface area contributed by atoms with Crippen LogP contribution in [0.25, 0.3) is 0 Å². The van der Waals surface area contributed by atoms with Crippen LogP contribution in [0.2, 0.25) is 0 Å². The van der Waals surface area contributed by atoms with Crippen molar-refractivity contribution < 1.29 is 24.3 Å². The van der Waals surface area contributed by atoms with Crippen LogP contribution in [-0.2, 0) is 16.1 Å². The molecule has 1 unspecified atom stereocenters. The quantitative estimate of drug-likeness (QED) is 0.626. The van der Waals surface area contributed by atoms with E-state index >= 15 is 0 Å². The first-order valence-electron chi connectivity index (χ1n) is 9.19. The summed E-state index contributed by atoms with van der Waals surface area (Å²) in [5.74, 6) is -0.128. The summed E-state index contributed by atoms with van der Waals surface area (Å²) in [5.41, 5.74) is 2.94. The van der Waals surface area contributed by atoms with Gasteiger partial charge < -0.3 is 14.4 Å². The summed E-state index contributed by atoms with van der Waals surface area (Å²) in [7, 11) is 1.57. The SMILES string of the molecule is COC1(C(=O)N2Cc3ccc(C(=O)NO)cc3OCC2c2ccccc2)CC1. The van der Waals surface area contributed by atoms with Crippen molar-refractivity contribution in [2.45, 2.75) is 31.0 Å². The van der Waals surface area contributed by atoms with Gasteiger partial charge in [0.2, 0.25) is 0 Å².